The van der Waals surface area contributed by atoms with Crippen molar-refractivity contribution in [2.45, 2.75) is 31.1 Å². The molecular weight excluding hydrogens is 651 g/mol. The van der Waals surface area contributed by atoms with Gasteiger partial charge >= 0.3 is 0 Å². The Balaban J connectivity index is 1.13. The van der Waals surface area contributed by atoms with Crippen LogP contribution in [-0.2, 0) is 18.3 Å². The lowest BCUT2D eigenvalue weighted by Crippen LogP contribution is -2.26. The van der Waals surface area contributed by atoms with Gasteiger partial charge in [-0.15, -0.1) is 0 Å². The van der Waals surface area contributed by atoms with Gasteiger partial charge < -0.3 is 4.90 Å². The number of aryl methyl sites for hydroxylation is 2. The summed E-state index contributed by atoms with van der Waals surface area (Å²) in [5.74, 6) is 0. The summed E-state index contributed by atoms with van der Waals surface area (Å²) in [6.07, 6.45) is 4.98. The predicted molar refractivity (Wildman–Crippen MR) is 225 cm³/mol. The minimum Gasteiger partial charge on any atom is -0.310 e. The average molecular weight is 690 g/mol. The summed E-state index contributed by atoms with van der Waals surface area (Å²) in [6, 6.07) is 70.4. The monoisotopic (exact) mass is 689 g/mol. The fourth-order valence-corrected chi connectivity index (χ4v) is 9.90. The quantitative estimate of drug-likeness (QED) is 0.174. The van der Waals surface area contributed by atoms with E-state index in [0.717, 1.165) is 17.1 Å². The van der Waals surface area contributed by atoms with Gasteiger partial charge in [0.25, 0.3) is 0 Å². The molecule has 8 aromatic rings. The largest absolute Gasteiger partial charge is 0.310 e. The molecule has 0 radical (unpaired) electrons. The lowest BCUT2D eigenvalue weighted by atomic mass is 9.70. The van der Waals surface area contributed by atoms with Gasteiger partial charge in [-0.05, 0) is 128 Å². The van der Waals surface area contributed by atoms with Gasteiger partial charge in [0.15, 0.2) is 0 Å². The Morgan fingerprint density at radius 1 is 0.333 bits per heavy atom. The highest BCUT2D eigenvalue weighted by molar-refractivity contribution is 5.97. The molecular formula is C53H39N. The molecule has 1 nitrogen and oxygen atoms in total. The van der Waals surface area contributed by atoms with Crippen molar-refractivity contribution >= 4 is 17.1 Å². The van der Waals surface area contributed by atoms with Gasteiger partial charge in [0, 0.05) is 16.9 Å². The summed E-state index contributed by atoms with van der Waals surface area (Å²) < 4.78 is 0. The van der Waals surface area contributed by atoms with Gasteiger partial charge in [-0.25, -0.2) is 0 Å². The molecule has 1 spiro atoms. The summed E-state index contributed by atoms with van der Waals surface area (Å²) in [5.41, 5.74) is 21.7. The molecule has 0 amide bonds. The van der Waals surface area contributed by atoms with E-state index in [9.17, 15) is 0 Å². The van der Waals surface area contributed by atoms with Gasteiger partial charge in [-0.1, -0.05) is 158 Å². The highest BCUT2D eigenvalue weighted by Crippen LogP contribution is 2.63. The molecule has 54 heavy (non-hydrogen) atoms. The Morgan fingerprint density at radius 3 is 1.52 bits per heavy atom. The predicted octanol–water partition coefficient (Wildman–Crippen LogP) is 13.7. The molecule has 0 heterocycles. The lowest BCUT2D eigenvalue weighted by Gasteiger charge is -2.32. The van der Waals surface area contributed by atoms with E-state index in [0.29, 0.717) is 0 Å². The number of anilines is 3. The maximum absolute atomic E-state index is 2.49. The van der Waals surface area contributed by atoms with Gasteiger partial charge in [0.1, 0.15) is 0 Å². The standard InChI is InChI=1S/C53H39N/c1-2-15-38(16-3-1)43-18-9-13-25-52(43)54(41-30-28-37(29-31-41)40-27-26-36-14-4-5-17-39(36)34-40)42-32-33-47-46-21-8-12-24-50(46)53(51(47)35-42)48-22-10-6-19-44(48)45-20-7-11-23-49(45)53/h1-3,6-13,15-16,18-35H,4-5,14,17H2. The third-order valence-corrected chi connectivity index (χ3v) is 12.3. The van der Waals surface area contributed by atoms with E-state index >= 15 is 0 Å². The average Bonchev–Trinajstić information content (AvgIpc) is 3.71. The van der Waals surface area contributed by atoms with E-state index in [1.807, 2.05) is 0 Å². The molecule has 0 atom stereocenters. The highest BCUT2D eigenvalue weighted by atomic mass is 15.1. The van der Waals surface area contributed by atoms with Crippen molar-refractivity contribution in [2.75, 3.05) is 4.90 Å². The Bertz CT molecular complexity index is 2660. The van der Waals surface area contributed by atoms with Crippen molar-refractivity contribution in [3.63, 3.8) is 0 Å². The third kappa shape index (κ3) is 4.58. The number of hydrogen-bond donors (Lipinski definition) is 0. The van der Waals surface area contributed by atoms with Gasteiger partial charge in [0.2, 0.25) is 0 Å². The van der Waals surface area contributed by atoms with Gasteiger partial charge in [0.05, 0.1) is 11.1 Å². The summed E-state index contributed by atoms with van der Waals surface area (Å²) in [4.78, 5) is 2.47. The molecule has 3 aliphatic rings. The Morgan fingerprint density at radius 2 is 0.852 bits per heavy atom. The first kappa shape index (κ1) is 31.1. The number of hydrogen-bond acceptors (Lipinski definition) is 1. The molecule has 0 N–H and O–H groups in total. The number of rotatable bonds is 5. The number of benzene rings is 8. The maximum atomic E-state index is 2.49. The molecule has 0 aliphatic heterocycles. The third-order valence-electron chi connectivity index (χ3n) is 12.3. The van der Waals surface area contributed by atoms with E-state index in [4.69, 9.17) is 0 Å². The summed E-state index contributed by atoms with van der Waals surface area (Å²) in [5, 5.41) is 0. The normalized spacial score (nSPS) is 14.1. The van der Waals surface area contributed by atoms with E-state index in [1.165, 1.54) is 104 Å². The van der Waals surface area contributed by atoms with Crippen LogP contribution < -0.4 is 4.90 Å². The minimum absolute atomic E-state index is 0.407. The molecule has 0 unspecified atom stereocenters. The fourth-order valence-electron chi connectivity index (χ4n) is 9.90. The second kappa shape index (κ2) is 12.3. The summed E-state index contributed by atoms with van der Waals surface area (Å²) in [6.45, 7) is 0. The molecule has 0 bridgehead atoms. The van der Waals surface area contributed by atoms with E-state index in [2.05, 4.69) is 193 Å². The SMILES string of the molecule is c1ccc(-c2ccccc2N(c2ccc(-c3ccc4c(c3)CCCC4)cc2)c2ccc3c(c2)C2(c4ccccc4-c4ccccc42)c2ccccc2-3)cc1. The molecule has 8 aromatic carbocycles. The Labute approximate surface area is 317 Å². The molecule has 0 saturated heterocycles. The minimum atomic E-state index is -0.407. The molecule has 3 aliphatic carbocycles. The van der Waals surface area contributed by atoms with Crippen molar-refractivity contribution in [2.24, 2.45) is 0 Å². The van der Waals surface area contributed by atoms with Crippen molar-refractivity contribution in [3.05, 3.63) is 221 Å². The van der Waals surface area contributed by atoms with Crippen LogP contribution in [0.5, 0.6) is 0 Å². The number of nitrogens with zero attached hydrogens (tertiary/aromatic N) is 1. The number of fused-ring (bicyclic) bond motifs is 11. The molecule has 0 aromatic heterocycles. The zero-order valence-electron chi connectivity index (χ0n) is 30.2. The maximum Gasteiger partial charge on any atom is 0.0726 e. The van der Waals surface area contributed by atoms with Crippen molar-refractivity contribution in [3.8, 4) is 44.5 Å². The summed E-state index contributed by atoms with van der Waals surface area (Å²) >= 11 is 0. The van der Waals surface area contributed by atoms with E-state index < -0.39 is 5.41 Å². The molecule has 0 saturated carbocycles. The van der Waals surface area contributed by atoms with Gasteiger partial charge in [-0.3, -0.25) is 0 Å². The molecule has 0 fully saturated rings. The molecule has 11 rings (SSSR count). The first-order chi connectivity index (χ1) is 26.8. The zero-order chi connectivity index (χ0) is 35.6. The molecule has 1 heteroatoms. The van der Waals surface area contributed by atoms with Crippen molar-refractivity contribution in [1.82, 2.24) is 0 Å². The Kier molecular flexibility index (Phi) is 7.10. The van der Waals surface area contributed by atoms with Crippen LogP contribution in [0.3, 0.4) is 0 Å². The van der Waals surface area contributed by atoms with Crippen LogP contribution in [0.25, 0.3) is 44.5 Å². The summed E-state index contributed by atoms with van der Waals surface area (Å²) in [7, 11) is 0. The lowest BCUT2D eigenvalue weighted by molar-refractivity contribution is 0.686. The second-order valence-electron chi connectivity index (χ2n) is 15.1. The van der Waals surface area contributed by atoms with Crippen LogP contribution in [0.15, 0.2) is 188 Å². The fraction of sp³-hybridized carbons (Fsp3) is 0.0943. The van der Waals surface area contributed by atoms with Crippen LogP contribution in [0, 0.1) is 0 Å². The number of para-hydroxylation sites is 1. The van der Waals surface area contributed by atoms with Gasteiger partial charge in [-0.2, -0.15) is 0 Å². The smallest absolute Gasteiger partial charge is 0.0726 e. The second-order valence-corrected chi connectivity index (χ2v) is 15.1. The van der Waals surface area contributed by atoms with Crippen LogP contribution in [0.4, 0.5) is 17.1 Å². The highest BCUT2D eigenvalue weighted by Gasteiger charge is 2.51. The first-order valence-corrected chi connectivity index (χ1v) is 19.4. The van der Waals surface area contributed by atoms with Crippen LogP contribution in [-0.4, -0.2) is 0 Å². The first-order valence-electron chi connectivity index (χ1n) is 19.4. The Hall–Kier alpha value is -6.44. The van der Waals surface area contributed by atoms with E-state index in [-0.39, 0.29) is 0 Å². The van der Waals surface area contributed by atoms with Crippen molar-refractivity contribution < 1.29 is 0 Å². The van der Waals surface area contributed by atoms with Crippen LogP contribution in [0.2, 0.25) is 0 Å². The van der Waals surface area contributed by atoms with Crippen molar-refractivity contribution in [1.29, 1.82) is 0 Å². The van der Waals surface area contributed by atoms with Crippen LogP contribution in [0.1, 0.15) is 46.2 Å². The zero-order valence-corrected chi connectivity index (χ0v) is 30.2. The topological polar surface area (TPSA) is 3.24 Å². The van der Waals surface area contributed by atoms with Crippen LogP contribution >= 0.6 is 0 Å². The van der Waals surface area contributed by atoms with E-state index in [1.54, 1.807) is 0 Å². The molecule has 256 valence electrons.